The maximum Gasteiger partial charge on any atom is 0.409 e. The zero-order chi connectivity index (χ0) is 26.8. The van der Waals surface area contributed by atoms with E-state index in [2.05, 4.69) is 20.9 Å². The summed E-state index contributed by atoms with van der Waals surface area (Å²) in [7, 11) is 0. The third kappa shape index (κ3) is 8.46. The van der Waals surface area contributed by atoms with Gasteiger partial charge in [-0.25, -0.2) is 9.59 Å². The molecule has 0 aliphatic carbocycles. The molecule has 1 atom stereocenters. The van der Waals surface area contributed by atoms with Crippen LogP contribution in [0.4, 0.5) is 15.3 Å². The molecule has 0 spiro atoms. The fourth-order valence-corrected chi connectivity index (χ4v) is 3.12. The molecule has 3 N–H and O–H groups in total. The number of nitrogens with zero attached hydrogens (tertiary/aromatic N) is 1. The van der Waals surface area contributed by atoms with Gasteiger partial charge in [-0.05, 0) is 32.4 Å². The Hall–Kier alpha value is -4.73. The van der Waals surface area contributed by atoms with Gasteiger partial charge in [-0.3, -0.25) is 25.2 Å². The van der Waals surface area contributed by atoms with E-state index in [1.54, 1.807) is 75.4 Å². The molecule has 0 fully saturated rings. The van der Waals surface area contributed by atoms with Crippen LogP contribution in [0.15, 0.2) is 79.1 Å². The van der Waals surface area contributed by atoms with Crippen molar-refractivity contribution in [1.29, 1.82) is 0 Å². The zero-order valence-electron chi connectivity index (χ0n) is 20.7. The molecule has 10 nitrogen and oxygen atoms in total. The van der Waals surface area contributed by atoms with E-state index in [1.807, 2.05) is 6.07 Å². The van der Waals surface area contributed by atoms with Crippen LogP contribution in [-0.4, -0.2) is 40.6 Å². The Labute approximate surface area is 214 Å². The number of pyridine rings is 1. The number of rotatable bonds is 8. The van der Waals surface area contributed by atoms with E-state index in [-0.39, 0.29) is 23.6 Å². The standard InChI is InChI=1S/C27H28N4O6/c1-27(2,3)37-26(35)31-23(30-25(34)36-17-18-10-6-4-7-11-18)24(33)29-21-16-28-15-14-20(21)22(32)19-12-8-5-9-13-19/h4-16,23H,17H2,1-3H3,(H,29,33)(H,30,34)(H,31,35). The molecule has 0 aliphatic rings. The van der Waals surface area contributed by atoms with Crippen LogP contribution >= 0.6 is 0 Å². The predicted octanol–water partition coefficient (Wildman–Crippen LogP) is 4.03. The van der Waals surface area contributed by atoms with Crippen LogP contribution in [0.3, 0.4) is 0 Å². The molecule has 0 bridgehead atoms. The Morgan fingerprint density at radius 3 is 2.14 bits per heavy atom. The maximum absolute atomic E-state index is 13.1. The second-order valence-electron chi connectivity index (χ2n) is 8.89. The summed E-state index contributed by atoms with van der Waals surface area (Å²) in [6.45, 7) is 4.91. The Balaban J connectivity index is 1.76. The van der Waals surface area contributed by atoms with Gasteiger partial charge in [0.15, 0.2) is 11.9 Å². The lowest BCUT2D eigenvalue weighted by Gasteiger charge is -2.24. The van der Waals surface area contributed by atoms with Gasteiger partial charge in [-0.15, -0.1) is 0 Å². The number of carbonyl (C=O) groups excluding carboxylic acids is 4. The lowest BCUT2D eigenvalue weighted by Crippen LogP contribution is -2.55. The normalized spacial score (nSPS) is 11.5. The minimum Gasteiger partial charge on any atom is -0.445 e. The molecule has 3 aromatic rings. The molecule has 0 radical (unpaired) electrons. The monoisotopic (exact) mass is 504 g/mol. The van der Waals surface area contributed by atoms with Crippen LogP contribution in [0.2, 0.25) is 0 Å². The van der Waals surface area contributed by atoms with Gasteiger partial charge in [0.05, 0.1) is 11.9 Å². The average Bonchev–Trinajstić information content (AvgIpc) is 2.87. The number of benzene rings is 2. The smallest absolute Gasteiger partial charge is 0.409 e. The summed E-state index contributed by atoms with van der Waals surface area (Å²) < 4.78 is 10.4. The second-order valence-corrected chi connectivity index (χ2v) is 8.89. The summed E-state index contributed by atoms with van der Waals surface area (Å²) in [5, 5.41) is 7.17. The average molecular weight is 505 g/mol. The van der Waals surface area contributed by atoms with Gasteiger partial charge >= 0.3 is 12.2 Å². The van der Waals surface area contributed by atoms with Gasteiger partial charge in [0.1, 0.15) is 12.2 Å². The molecule has 10 heteroatoms. The highest BCUT2D eigenvalue weighted by atomic mass is 16.6. The molecule has 1 aromatic heterocycles. The number of anilines is 1. The quantitative estimate of drug-likeness (QED) is 0.311. The van der Waals surface area contributed by atoms with E-state index < -0.39 is 29.9 Å². The van der Waals surface area contributed by atoms with Crippen molar-refractivity contribution in [3.63, 3.8) is 0 Å². The zero-order valence-corrected chi connectivity index (χ0v) is 20.7. The van der Waals surface area contributed by atoms with Gasteiger partial charge in [-0.2, -0.15) is 0 Å². The van der Waals surface area contributed by atoms with Crippen LogP contribution in [0, 0.1) is 0 Å². The first-order valence-electron chi connectivity index (χ1n) is 11.4. The van der Waals surface area contributed by atoms with Gasteiger partial charge in [0.25, 0.3) is 5.91 Å². The predicted molar refractivity (Wildman–Crippen MR) is 136 cm³/mol. The number of amides is 3. The lowest BCUT2D eigenvalue weighted by molar-refractivity contribution is -0.118. The Morgan fingerprint density at radius 2 is 1.49 bits per heavy atom. The highest BCUT2D eigenvalue weighted by Crippen LogP contribution is 2.18. The highest BCUT2D eigenvalue weighted by Gasteiger charge is 2.28. The molecular weight excluding hydrogens is 476 g/mol. The van der Waals surface area contributed by atoms with Crippen LogP contribution in [0.25, 0.3) is 0 Å². The van der Waals surface area contributed by atoms with Gasteiger partial charge in [0.2, 0.25) is 0 Å². The first kappa shape index (κ1) is 26.9. The van der Waals surface area contributed by atoms with Crippen LogP contribution in [0.5, 0.6) is 0 Å². The van der Waals surface area contributed by atoms with Crippen molar-refractivity contribution in [1.82, 2.24) is 15.6 Å². The van der Waals surface area contributed by atoms with Gasteiger partial charge < -0.3 is 14.8 Å². The molecule has 0 aliphatic heterocycles. The number of hydrogen-bond acceptors (Lipinski definition) is 7. The lowest BCUT2D eigenvalue weighted by atomic mass is 10.0. The SMILES string of the molecule is CC(C)(C)OC(=O)NC(NC(=O)OCc1ccccc1)C(=O)Nc1cnccc1C(=O)c1ccccc1. The van der Waals surface area contributed by atoms with Crippen molar-refractivity contribution in [3.05, 3.63) is 95.8 Å². The molecule has 0 saturated carbocycles. The molecule has 0 saturated heterocycles. The molecule has 2 aromatic carbocycles. The second kappa shape index (κ2) is 12.3. The summed E-state index contributed by atoms with van der Waals surface area (Å²) >= 11 is 0. The summed E-state index contributed by atoms with van der Waals surface area (Å²) in [5.74, 6) is -1.19. The van der Waals surface area contributed by atoms with Crippen molar-refractivity contribution in [3.8, 4) is 0 Å². The van der Waals surface area contributed by atoms with E-state index >= 15 is 0 Å². The van der Waals surface area contributed by atoms with Crippen molar-refractivity contribution in [2.75, 3.05) is 5.32 Å². The fraction of sp³-hybridized carbons (Fsp3) is 0.222. The van der Waals surface area contributed by atoms with Crippen LogP contribution < -0.4 is 16.0 Å². The summed E-state index contributed by atoms with van der Waals surface area (Å²) in [6, 6.07) is 18.9. The third-order valence-electron chi connectivity index (χ3n) is 4.76. The molecule has 37 heavy (non-hydrogen) atoms. The molecular formula is C27H28N4O6. The summed E-state index contributed by atoms with van der Waals surface area (Å²) in [4.78, 5) is 54.9. The molecule has 192 valence electrons. The fourth-order valence-electron chi connectivity index (χ4n) is 3.12. The minimum atomic E-state index is -1.59. The molecule has 3 amide bonds. The van der Waals surface area contributed by atoms with E-state index in [1.165, 1.54) is 18.5 Å². The number of ketones is 1. The number of alkyl carbamates (subject to hydrolysis) is 2. The van der Waals surface area contributed by atoms with Crippen LogP contribution in [0.1, 0.15) is 42.3 Å². The number of ether oxygens (including phenoxy) is 2. The Morgan fingerprint density at radius 1 is 0.865 bits per heavy atom. The van der Waals surface area contributed by atoms with E-state index in [0.717, 1.165) is 5.56 Å². The first-order valence-corrected chi connectivity index (χ1v) is 11.4. The molecule has 1 heterocycles. The van der Waals surface area contributed by atoms with Crippen molar-refractivity contribution >= 4 is 29.6 Å². The molecule has 3 rings (SSSR count). The van der Waals surface area contributed by atoms with Crippen molar-refractivity contribution in [2.24, 2.45) is 0 Å². The number of carbonyl (C=O) groups is 4. The van der Waals surface area contributed by atoms with E-state index in [9.17, 15) is 19.2 Å². The van der Waals surface area contributed by atoms with Gasteiger partial charge in [0, 0.05) is 17.3 Å². The summed E-state index contributed by atoms with van der Waals surface area (Å²) in [6.07, 6.45) is -0.763. The van der Waals surface area contributed by atoms with Gasteiger partial charge in [-0.1, -0.05) is 60.7 Å². The third-order valence-corrected chi connectivity index (χ3v) is 4.76. The Bertz CT molecular complexity index is 1240. The maximum atomic E-state index is 13.1. The first-order chi connectivity index (χ1) is 17.6. The largest absolute Gasteiger partial charge is 0.445 e. The Kier molecular flexibility index (Phi) is 8.93. The number of hydrogen-bond donors (Lipinski definition) is 3. The van der Waals surface area contributed by atoms with Crippen LogP contribution in [-0.2, 0) is 20.9 Å². The number of nitrogens with one attached hydrogen (secondary N) is 3. The van der Waals surface area contributed by atoms with Crippen molar-refractivity contribution < 1.29 is 28.7 Å². The minimum absolute atomic E-state index is 0.0498. The molecule has 1 unspecified atom stereocenters. The number of aromatic nitrogens is 1. The highest BCUT2D eigenvalue weighted by molar-refractivity contribution is 6.14. The van der Waals surface area contributed by atoms with E-state index in [0.29, 0.717) is 5.56 Å². The topological polar surface area (TPSA) is 136 Å². The van der Waals surface area contributed by atoms with E-state index in [4.69, 9.17) is 9.47 Å². The van der Waals surface area contributed by atoms with Crippen molar-refractivity contribution in [2.45, 2.75) is 39.1 Å². The summed E-state index contributed by atoms with van der Waals surface area (Å²) in [5.41, 5.74) is 0.569.